The van der Waals surface area contributed by atoms with Crippen molar-refractivity contribution in [2.75, 3.05) is 33.0 Å². The average molecular weight is 338 g/mol. The van der Waals surface area contributed by atoms with E-state index < -0.39 is 0 Å². The molecule has 0 saturated carbocycles. The van der Waals surface area contributed by atoms with Crippen LogP contribution in [0.15, 0.2) is 11.5 Å². The van der Waals surface area contributed by atoms with Crippen LogP contribution < -0.4 is 0 Å². The summed E-state index contributed by atoms with van der Waals surface area (Å²) in [5, 5.41) is 0. The molecule has 2 heterocycles. The van der Waals surface area contributed by atoms with E-state index in [-0.39, 0.29) is 24.4 Å². The van der Waals surface area contributed by atoms with E-state index in [9.17, 15) is 0 Å². The summed E-state index contributed by atoms with van der Waals surface area (Å²) in [5.41, 5.74) is 0.759. The van der Waals surface area contributed by atoms with Crippen LogP contribution in [-0.4, -0.2) is 57.5 Å². The van der Waals surface area contributed by atoms with Crippen LogP contribution in [0.4, 0.5) is 0 Å². The van der Waals surface area contributed by atoms with Gasteiger partial charge < -0.3 is 23.5 Å². The van der Waals surface area contributed by atoms with Gasteiger partial charge in [0.05, 0.1) is 37.6 Å². The lowest BCUT2D eigenvalue weighted by atomic mass is 9.71. The highest BCUT2D eigenvalue weighted by Gasteiger charge is 2.52. The molecule has 0 aromatic carbocycles. The first-order valence-electron chi connectivity index (χ1n) is 9.19. The molecular formula is C18H31BO5. The lowest BCUT2D eigenvalue weighted by molar-refractivity contribution is -0.117. The molecule has 2 aliphatic heterocycles. The number of ether oxygens (including phenoxy) is 3. The van der Waals surface area contributed by atoms with Gasteiger partial charge in [0.1, 0.15) is 6.10 Å². The second kappa shape index (κ2) is 7.46. The number of hydrogen-bond acceptors (Lipinski definition) is 5. The Hall–Kier alpha value is -0.395. The largest absolute Gasteiger partial charge is 0.490 e. The summed E-state index contributed by atoms with van der Waals surface area (Å²) in [4.78, 5) is 0. The minimum absolute atomic E-state index is 0.0956. The Labute approximate surface area is 146 Å². The normalized spacial score (nSPS) is 32.7. The Morgan fingerprint density at radius 2 is 1.88 bits per heavy atom. The van der Waals surface area contributed by atoms with Crippen molar-refractivity contribution < 1.29 is 23.5 Å². The molecule has 5 nitrogen and oxygen atoms in total. The summed E-state index contributed by atoms with van der Waals surface area (Å²) in [5.74, 6) is 0.570. The van der Waals surface area contributed by atoms with Gasteiger partial charge in [-0.25, -0.2) is 0 Å². The zero-order valence-electron chi connectivity index (χ0n) is 15.5. The molecule has 2 fully saturated rings. The van der Waals surface area contributed by atoms with Crippen LogP contribution in [-0.2, 0) is 23.5 Å². The fourth-order valence-corrected chi connectivity index (χ4v) is 3.27. The van der Waals surface area contributed by atoms with Crippen LogP contribution in [0.2, 0.25) is 0 Å². The molecule has 0 aromatic rings. The van der Waals surface area contributed by atoms with Crippen molar-refractivity contribution in [1.29, 1.82) is 0 Å². The molecule has 0 amide bonds. The molecule has 136 valence electrons. The Morgan fingerprint density at radius 1 is 1.12 bits per heavy atom. The Morgan fingerprint density at radius 3 is 2.46 bits per heavy atom. The minimum Gasteiger partial charge on any atom is -0.400 e. The Bertz CT molecular complexity index is 440. The quantitative estimate of drug-likeness (QED) is 0.722. The molecule has 1 unspecified atom stereocenters. The molecule has 24 heavy (non-hydrogen) atoms. The molecule has 3 aliphatic rings. The van der Waals surface area contributed by atoms with Gasteiger partial charge in [-0.15, -0.1) is 0 Å². The van der Waals surface area contributed by atoms with Crippen LogP contribution >= 0.6 is 0 Å². The third-order valence-corrected chi connectivity index (χ3v) is 5.65. The van der Waals surface area contributed by atoms with Crippen LogP contribution in [0, 0.1) is 5.92 Å². The molecule has 2 saturated heterocycles. The second-order valence-electron chi connectivity index (χ2n) is 8.11. The van der Waals surface area contributed by atoms with E-state index in [4.69, 9.17) is 23.5 Å². The van der Waals surface area contributed by atoms with E-state index in [0.717, 1.165) is 25.9 Å². The molecule has 0 bridgehead atoms. The molecule has 3 rings (SSSR count). The molecule has 0 N–H and O–H groups in total. The van der Waals surface area contributed by atoms with Crippen LogP contribution in [0.5, 0.6) is 0 Å². The van der Waals surface area contributed by atoms with E-state index in [1.807, 2.05) is 0 Å². The molecular weight excluding hydrogens is 307 g/mol. The summed E-state index contributed by atoms with van der Waals surface area (Å²) < 4.78 is 29.1. The standard InChI is InChI=1S/C18H31BO5/c1-17(2)18(3,4)24-19(23-17)15-7-5-14(6-8-15)11-21-13-16-12-20-9-10-22-16/h7,14,16H,5-6,8-13H2,1-4H3/t14?,16-/m1/s1. The van der Waals surface area contributed by atoms with E-state index >= 15 is 0 Å². The van der Waals surface area contributed by atoms with Crippen molar-refractivity contribution in [3.8, 4) is 0 Å². The van der Waals surface area contributed by atoms with E-state index in [0.29, 0.717) is 32.3 Å². The van der Waals surface area contributed by atoms with Crippen LogP contribution in [0.3, 0.4) is 0 Å². The fourth-order valence-electron chi connectivity index (χ4n) is 3.27. The first-order chi connectivity index (χ1) is 11.4. The Kier molecular flexibility index (Phi) is 5.72. The van der Waals surface area contributed by atoms with Gasteiger partial charge in [0.2, 0.25) is 0 Å². The highest BCUT2D eigenvalue weighted by molar-refractivity contribution is 6.54. The van der Waals surface area contributed by atoms with Gasteiger partial charge in [0.25, 0.3) is 0 Å². The number of allylic oxidation sites excluding steroid dienone is 2. The zero-order chi connectivity index (χ0) is 17.2. The maximum absolute atomic E-state index is 6.15. The van der Waals surface area contributed by atoms with Crippen molar-refractivity contribution in [2.45, 2.75) is 64.3 Å². The lowest BCUT2D eigenvalue weighted by Crippen LogP contribution is -2.41. The zero-order valence-corrected chi connectivity index (χ0v) is 15.5. The van der Waals surface area contributed by atoms with E-state index in [2.05, 4.69) is 33.8 Å². The van der Waals surface area contributed by atoms with Gasteiger partial charge in [-0.2, -0.15) is 0 Å². The third-order valence-electron chi connectivity index (χ3n) is 5.65. The number of rotatable bonds is 5. The first-order valence-corrected chi connectivity index (χ1v) is 9.19. The van der Waals surface area contributed by atoms with Gasteiger partial charge in [-0.3, -0.25) is 0 Å². The van der Waals surface area contributed by atoms with Gasteiger partial charge in [-0.05, 0) is 58.3 Å². The van der Waals surface area contributed by atoms with Crippen molar-refractivity contribution >= 4 is 7.12 Å². The maximum Gasteiger partial charge on any atom is 0.490 e. The summed E-state index contributed by atoms with van der Waals surface area (Å²) in [6.45, 7) is 11.8. The van der Waals surface area contributed by atoms with Gasteiger partial charge in [-0.1, -0.05) is 6.08 Å². The SMILES string of the molecule is CC1(C)OB(C2=CCC(COC[C@H]3COCCO3)CC2)OC1(C)C. The average Bonchev–Trinajstić information content (AvgIpc) is 2.77. The first kappa shape index (κ1) is 18.4. The predicted octanol–water partition coefficient (Wildman–Crippen LogP) is 2.78. The van der Waals surface area contributed by atoms with Gasteiger partial charge in [0, 0.05) is 6.61 Å². The molecule has 0 spiro atoms. The monoisotopic (exact) mass is 338 g/mol. The second-order valence-corrected chi connectivity index (χ2v) is 8.11. The van der Waals surface area contributed by atoms with Crippen molar-refractivity contribution in [3.05, 3.63) is 11.5 Å². The number of hydrogen-bond donors (Lipinski definition) is 0. The maximum atomic E-state index is 6.15. The Balaban J connectivity index is 1.41. The highest BCUT2D eigenvalue weighted by atomic mass is 16.7. The van der Waals surface area contributed by atoms with Crippen LogP contribution in [0.25, 0.3) is 0 Å². The molecule has 2 atom stereocenters. The minimum atomic E-state index is -0.263. The van der Waals surface area contributed by atoms with Crippen molar-refractivity contribution in [3.63, 3.8) is 0 Å². The molecule has 0 aromatic heterocycles. The van der Waals surface area contributed by atoms with Crippen molar-refractivity contribution in [1.82, 2.24) is 0 Å². The topological polar surface area (TPSA) is 46.2 Å². The smallest absolute Gasteiger partial charge is 0.400 e. The van der Waals surface area contributed by atoms with Gasteiger partial charge >= 0.3 is 7.12 Å². The van der Waals surface area contributed by atoms with E-state index in [1.54, 1.807) is 0 Å². The molecule has 0 radical (unpaired) electrons. The highest BCUT2D eigenvalue weighted by Crippen LogP contribution is 2.40. The summed E-state index contributed by atoms with van der Waals surface area (Å²) in [6.07, 6.45) is 5.56. The summed E-state index contributed by atoms with van der Waals surface area (Å²) in [6, 6.07) is 0. The summed E-state index contributed by atoms with van der Waals surface area (Å²) in [7, 11) is -0.190. The predicted molar refractivity (Wildman–Crippen MR) is 92.9 cm³/mol. The molecule has 1 aliphatic carbocycles. The van der Waals surface area contributed by atoms with Gasteiger partial charge in [0.15, 0.2) is 0 Å². The van der Waals surface area contributed by atoms with E-state index in [1.165, 1.54) is 5.47 Å². The fraction of sp³-hybridized carbons (Fsp3) is 0.889. The van der Waals surface area contributed by atoms with Crippen molar-refractivity contribution in [2.24, 2.45) is 5.92 Å². The lowest BCUT2D eigenvalue weighted by Gasteiger charge is -2.32. The third kappa shape index (κ3) is 4.22. The summed E-state index contributed by atoms with van der Waals surface area (Å²) >= 11 is 0. The van der Waals surface area contributed by atoms with Crippen LogP contribution in [0.1, 0.15) is 47.0 Å². The molecule has 6 heteroatoms.